The highest BCUT2D eigenvalue weighted by molar-refractivity contribution is 6.29. The summed E-state index contributed by atoms with van der Waals surface area (Å²) >= 11 is 11.5. The van der Waals surface area contributed by atoms with E-state index in [2.05, 4.69) is 39.9 Å². The van der Waals surface area contributed by atoms with E-state index in [4.69, 9.17) is 43.6 Å². The lowest BCUT2D eigenvalue weighted by atomic mass is 9.96. The van der Waals surface area contributed by atoms with Gasteiger partial charge in [-0.25, -0.2) is 14.8 Å². The van der Waals surface area contributed by atoms with Gasteiger partial charge >= 0.3 is 42.6 Å². The monoisotopic (exact) mass is 1040 g/mol. The summed E-state index contributed by atoms with van der Waals surface area (Å²) in [5.74, 6) is -7.78. The first-order valence-electron chi connectivity index (χ1n) is 18.0. The van der Waals surface area contributed by atoms with E-state index >= 15 is 0 Å². The molecule has 10 N–H and O–H groups in total. The molecule has 0 saturated heterocycles. The number of anilines is 4. The summed E-state index contributed by atoms with van der Waals surface area (Å²) < 4.78 is 153. The highest BCUT2D eigenvalue weighted by Gasteiger charge is 2.42. The summed E-state index contributed by atoms with van der Waals surface area (Å²) in [4.78, 5) is 60.6. The van der Waals surface area contributed by atoms with Gasteiger partial charge in [0, 0.05) is 0 Å². The number of pyridine rings is 2. The van der Waals surface area contributed by atoms with Gasteiger partial charge in [0.1, 0.15) is 45.9 Å². The molecular formula is C34H36Cl2F12N12O8. The highest BCUT2D eigenvalue weighted by Crippen LogP contribution is 2.28. The Balaban J connectivity index is 0.000000539. The molecule has 4 aromatic rings. The summed E-state index contributed by atoms with van der Waals surface area (Å²) in [6.45, 7) is 3.25. The lowest BCUT2D eigenvalue weighted by molar-refractivity contribution is -0.170. The summed E-state index contributed by atoms with van der Waals surface area (Å²) in [6.07, 6.45) is -20.8. The van der Waals surface area contributed by atoms with Crippen molar-refractivity contribution in [3.05, 3.63) is 46.7 Å². The molecule has 0 amide bonds. The number of carbonyl (C=O) groups is 3. The second-order valence-corrected chi connectivity index (χ2v) is 14.2. The predicted octanol–water partition coefficient (Wildman–Crippen LogP) is 6.55. The Labute approximate surface area is 383 Å². The molecule has 0 saturated carbocycles. The van der Waals surface area contributed by atoms with Crippen LogP contribution in [0.25, 0.3) is 23.0 Å². The minimum absolute atomic E-state index is 0. The average molecular weight is 1040 g/mol. The van der Waals surface area contributed by atoms with Crippen LogP contribution in [-0.4, -0.2) is 138 Å². The van der Waals surface area contributed by atoms with E-state index in [1.165, 1.54) is 36.4 Å². The molecule has 68 heavy (non-hydrogen) atoms. The fourth-order valence-corrected chi connectivity index (χ4v) is 4.45. The maximum absolute atomic E-state index is 12.8. The van der Waals surface area contributed by atoms with Crippen molar-refractivity contribution in [2.75, 3.05) is 21.3 Å². The third-order valence-corrected chi connectivity index (χ3v) is 8.21. The molecular weight excluding hydrogens is 1000 g/mol. The van der Waals surface area contributed by atoms with Crippen LogP contribution < -0.4 is 21.3 Å². The SMILES string of the molecule is C[C@@H](Nc1nc(N[C@H](C)C(F)(F)F)nc(-c2cccc(Cl)n2)n1)C(F)(F)F.C[C@@H](Nc1nc(N[C@H](C)C(F)(F)F)nc(-c2cccc(Cl)n2)n1)C(F)(F)F.O.O=C(O)CC(O)(CC(=O)O)C(=O)O. The Morgan fingerprint density at radius 2 is 0.750 bits per heavy atom. The van der Waals surface area contributed by atoms with Crippen molar-refractivity contribution < 1.29 is 93.0 Å². The van der Waals surface area contributed by atoms with Gasteiger partial charge in [0.2, 0.25) is 23.8 Å². The minimum atomic E-state index is -4.62. The number of aliphatic hydroxyl groups is 1. The Kier molecular flexibility index (Phi) is 21.1. The third kappa shape index (κ3) is 19.8. The van der Waals surface area contributed by atoms with Gasteiger partial charge in [-0.3, -0.25) is 9.59 Å². The van der Waals surface area contributed by atoms with Crippen LogP contribution in [0.2, 0.25) is 10.3 Å². The van der Waals surface area contributed by atoms with E-state index in [0.29, 0.717) is 0 Å². The quantitative estimate of drug-likeness (QED) is 0.0462. The number of alkyl halides is 12. The van der Waals surface area contributed by atoms with E-state index in [9.17, 15) is 67.1 Å². The fourth-order valence-electron chi connectivity index (χ4n) is 4.12. The molecule has 0 aliphatic rings. The van der Waals surface area contributed by atoms with Crippen LogP contribution in [0.3, 0.4) is 0 Å². The first kappa shape index (κ1) is 59.6. The first-order valence-corrected chi connectivity index (χ1v) is 18.8. The maximum Gasteiger partial charge on any atom is 0.408 e. The van der Waals surface area contributed by atoms with Crippen molar-refractivity contribution in [1.29, 1.82) is 0 Å². The topological polar surface area (TPSA) is 315 Å². The number of nitrogens with zero attached hydrogens (tertiary/aromatic N) is 8. The van der Waals surface area contributed by atoms with Crippen LogP contribution in [0.15, 0.2) is 36.4 Å². The second kappa shape index (κ2) is 24.0. The summed E-state index contributed by atoms with van der Waals surface area (Å²) in [6, 6.07) is 0.423. The zero-order valence-electron chi connectivity index (χ0n) is 34.6. The number of carboxylic acid groups (broad SMARTS) is 3. The van der Waals surface area contributed by atoms with E-state index in [1.54, 1.807) is 0 Å². The lowest BCUT2D eigenvalue weighted by Crippen LogP contribution is -2.42. The van der Waals surface area contributed by atoms with E-state index in [-0.39, 0.29) is 38.8 Å². The molecule has 0 aliphatic carbocycles. The van der Waals surface area contributed by atoms with E-state index in [1.807, 2.05) is 21.3 Å². The van der Waals surface area contributed by atoms with Gasteiger partial charge in [0.25, 0.3) is 0 Å². The first-order chi connectivity index (χ1) is 30.5. The molecule has 0 aliphatic heterocycles. The number of hydrogen-bond acceptors (Lipinski definition) is 16. The van der Waals surface area contributed by atoms with E-state index < -0.39 is 109 Å². The average Bonchev–Trinajstić information content (AvgIpc) is 3.16. The lowest BCUT2D eigenvalue weighted by Gasteiger charge is -2.20. The van der Waals surface area contributed by atoms with E-state index in [0.717, 1.165) is 27.7 Å². The minimum Gasteiger partial charge on any atom is -0.481 e. The van der Waals surface area contributed by atoms with Crippen molar-refractivity contribution >= 4 is 64.9 Å². The molecule has 0 bridgehead atoms. The molecule has 0 unspecified atom stereocenters. The molecule has 0 aromatic carbocycles. The van der Waals surface area contributed by atoms with Crippen LogP contribution in [-0.2, 0) is 14.4 Å². The zero-order chi connectivity index (χ0) is 51.5. The molecule has 4 heterocycles. The van der Waals surface area contributed by atoms with Crippen molar-refractivity contribution in [2.45, 2.75) is 95.0 Å². The Morgan fingerprint density at radius 3 is 0.941 bits per heavy atom. The highest BCUT2D eigenvalue weighted by atomic mass is 35.5. The summed E-state index contributed by atoms with van der Waals surface area (Å²) in [5.41, 5.74) is -2.64. The molecule has 0 fully saturated rings. The Bertz CT molecular complexity index is 2100. The van der Waals surface area contributed by atoms with Crippen LogP contribution >= 0.6 is 23.2 Å². The van der Waals surface area contributed by atoms with Crippen molar-refractivity contribution in [1.82, 2.24) is 39.9 Å². The Hall–Kier alpha value is -6.41. The van der Waals surface area contributed by atoms with Crippen LogP contribution in [0.1, 0.15) is 40.5 Å². The van der Waals surface area contributed by atoms with Gasteiger partial charge in [-0.05, 0) is 52.0 Å². The van der Waals surface area contributed by atoms with Gasteiger partial charge in [-0.15, -0.1) is 0 Å². The van der Waals surface area contributed by atoms with Crippen molar-refractivity contribution in [2.24, 2.45) is 0 Å². The zero-order valence-corrected chi connectivity index (χ0v) is 36.1. The number of aromatic nitrogens is 8. The smallest absolute Gasteiger partial charge is 0.408 e. The van der Waals surface area contributed by atoms with Crippen molar-refractivity contribution in [3.8, 4) is 23.0 Å². The predicted molar refractivity (Wildman–Crippen MR) is 213 cm³/mol. The largest absolute Gasteiger partial charge is 0.481 e. The van der Waals surface area contributed by atoms with Gasteiger partial charge in [0.15, 0.2) is 17.2 Å². The van der Waals surface area contributed by atoms with Gasteiger partial charge in [-0.1, -0.05) is 35.3 Å². The molecule has 34 heteroatoms. The normalized spacial score (nSPS) is 13.6. The third-order valence-electron chi connectivity index (χ3n) is 7.79. The van der Waals surface area contributed by atoms with Gasteiger partial charge in [0.05, 0.1) is 12.8 Å². The number of aliphatic carboxylic acids is 3. The van der Waals surface area contributed by atoms with Crippen LogP contribution in [0.5, 0.6) is 0 Å². The molecule has 4 atom stereocenters. The molecule has 378 valence electrons. The van der Waals surface area contributed by atoms with Crippen LogP contribution in [0.4, 0.5) is 76.5 Å². The van der Waals surface area contributed by atoms with Gasteiger partial charge < -0.3 is 47.2 Å². The van der Waals surface area contributed by atoms with Crippen LogP contribution in [0, 0.1) is 0 Å². The standard InChI is InChI=1S/2C14H13ClF6N6.C6H8O7.H2O/c2*1-6(13(16,17)18)22-11-25-10(8-4-3-5-9(15)24-8)26-12(27-11)23-7(2)14(19,20)21;7-3(8)1-6(13,5(11)12)2-4(9)10;/h2*3-7H,1-2H3,(H2,22,23,25,26,27);13H,1-2H2,(H,7,8)(H,9,10)(H,11,12);1H2/t2*6-,7-;;/m11../s1. The summed E-state index contributed by atoms with van der Waals surface area (Å²) in [7, 11) is 0. The molecule has 20 nitrogen and oxygen atoms in total. The van der Waals surface area contributed by atoms with Crippen molar-refractivity contribution in [3.63, 3.8) is 0 Å². The summed E-state index contributed by atoms with van der Waals surface area (Å²) in [5, 5.41) is 41.9. The number of rotatable bonds is 15. The second-order valence-electron chi connectivity index (χ2n) is 13.4. The molecule has 4 rings (SSSR count). The van der Waals surface area contributed by atoms with Gasteiger partial charge in [-0.2, -0.15) is 82.6 Å². The number of hydrogen-bond donors (Lipinski definition) is 8. The molecule has 0 radical (unpaired) electrons. The number of nitrogens with one attached hydrogen (secondary N) is 4. The maximum atomic E-state index is 12.8. The fraction of sp³-hybridized carbons (Fsp3) is 0.441. The Morgan fingerprint density at radius 1 is 0.500 bits per heavy atom. The number of halogens is 14. The molecule has 0 spiro atoms. The molecule has 4 aromatic heterocycles. The number of carboxylic acids is 3.